The zero-order chi connectivity index (χ0) is 9.84. The van der Waals surface area contributed by atoms with Crippen molar-refractivity contribution in [2.45, 2.75) is 19.4 Å². The van der Waals surface area contributed by atoms with E-state index in [1.165, 1.54) is 0 Å². The fourth-order valence-electron chi connectivity index (χ4n) is 0.960. The van der Waals surface area contributed by atoms with Gasteiger partial charge < -0.3 is 10.8 Å². The molecule has 0 saturated carbocycles. The molecule has 0 aliphatic rings. The summed E-state index contributed by atoms with van der Waals surface area (Å²) in [7, 11) is 0. The maximum Gasteiger partial charge on any atom is 0.320 e. The van der Waals surface area contributed by atoms with Gasteiger partial charge in [-0.15, -0.1) is 24.8 Å². The van der Waals surface area contributed by atoms with Crippen LogP contribution in [0, 0.1) is 6.92 Å². The lowest BCUT2D eigenvalue weighted by atomic mass is 10.1. The summed E-state index contributed by atoms with van der Waals surface area (Å²) in [6.45, 7) is 1.88. The van der Waals surface area contributed by atoms with Crippen molar-refractivity contribution in [2.75, 3.05) is 0 Å². The van der Waals surface area contributed by atoms with Crippen molar-refractivity contribution in [3.63, 3.8) is 0 Å². The van der Waals surface area contributed by atoms with Gasteiger partial charge in [0.2, 0.25) is 0 Å². The highest BCUT2D eigenvalue weighted by Gasteiger charge is 2.11. The first kappa shape index (κ1) is 16.6. The van der Waals surface area contributed by atoms with Crippen LogP contribution >= 0.6 is 24.8 Å². The van der Waals surface area contributed by atoms with E-state index in [0.29, 0.717) is 6.42 Å². The topological polar surface area (TPSA) is 76.2 Å². The molecule has 1 unspecified atom stereocenters. The number of hydrogen-bond donors (Lipinski definition) is 2. The van der Waals surface area contributed by atoms with Crippen LogP contribution < -0.4 is 5.73 Å². The van der Waals surface area contributed by atoms with Crippen LogP contribution in [0.2, 0.25) is 0 Å². The van der Waals surface area contributed by atoms with Crippen molar-refractivity contribution in [1.29, 1.82) is 0 Å². The Hall–Kier alpha value is -0.840. The van der Waals surface area contributed by atoms with E-state index in [1.807, 2.05) is 19.1 Å². The van der Waals surface area contributed by atoms with E-state index in [-0.39, 0.29) is 24.8 Å². The van der Waals surface area contributed by atoms with Crippen LogP contribution in [0.5, 0.6) is 0 Å². The second-order valence-corrected chi connectivity index (χ2v) is 2.96. The number of carboxylic acid groups (broad SMARTS) is 1. The van der Waals surface area contributed by atoms with E-state index in [1.54, 1.807) is 6.20 Å². The van der Waals surface area contributed by atoms with Gasteiger partial charge in [-0.1, -0.05) is 6.07 Å². The van der Waals surface area contributed by atoms with Crippen molar-refractivity contribution in [3.8, 4) is 0 Å². The summed E-state index contributed by atoms with van der Waals surface area (Å²) in [5, 5.41) is 8.55. The predicted octanol–water partition coefficient (Wildman–Crippen LogP) is 1.19. The second-order valence-electron chi connectivity index (χ2n) is 2.96. The Balaban J connectivity index is 0. The largest absolute Gasteiger partial charge is 0.480 e. The lowest BCUT2D eigenvalue weighted by Gasteiger charge is -2.05. The molecule has 0 aromatic carbocycles. The summed E-state index contributed by atoms with van der Waals surface area (Å²) in [5.74, 6) is -0.986. The van der Waals surface area contributed by atoms with E-state index >= 15 is 0 Å². The first-order valence-electron chi connectivity index (χ1n) is 3.99. The van der Waals surface area contributed by atoms with Gasteiger partial charge in [-0.25, -0.2) is 0 Å². The summed E-state index contributed by atoms with van der Waals surface area (Å²) in [6.07, 6.45) is 1.97. The Labute approximate surface area is 101 Å². The highest BCUT2D eigenvalue weighted by Crippen LogP contribution is 2.02. The molecule has 0 saturated heterocycles. The van der Waals surface area contributed by atoms with Gasteiger partial charge in [0.05, 0.1) is 0 Å². The normalized spacial score (nSPS) is 10.8. The van der Waals surface area contributed by atoms with Crippen LogP contribution in [-0.4, -0.2) is 22.1 Å². The highest BCUT2D eigenvalue weighted by atomic mass is 35.5. The third-order valence-electron chi connectivity index (χ3n) is 1.75. The standard InChI is InChI=1S/C9H12N2O2.2ClH/c1-6-2-3-7(5-11-6)4-8(10)9(12)13;;/h2-3,5,8H,4,10H2,1H3,(H,12,13);2*1H. The van der Waals surface area contributed by atoms with Crippen molar-refractivity contribution >= 4 is 30.8 Å². The molecule has 1 heterocycles. The minimum absolute atomic E-state index is 0. The Morgan fingerprint density at radius 3 is 2.53 bits per heavy atom. The third-order valence-corrected chi connectivity index (χ3v) is 1.75. The van der Waals surface area contributed by atoms with Crippen LogP contribution in [0.1, 0.15) is 11.3 Å². The molecule has 0 aliphatic heterocycles. The quantitative estimate of drug-likeness (QED) is 0.848. The smallest absolute Gasteiger partial charge is 0.320 e. The summed E-state index contributed by atoms with van der Waals surface area (Å²) >= 11 is 0. The summed E-state index contributed by atoms with van der Waals surface area (Å²) in [6, 6.07) is 2.83. The molecule has 0 bridgehead atoms. The van der Waals surface area contributed by atoms with E-state index in [2.05, 4.69) is 4.98 Å². The van der Waals surface area contributed by atoms with Gasteiger partial charge >= 0.3 is 5.97 Å². The number of aliphatic carboxylic acids is 1. The maximum atomic E-state index is 10.4. The Morgan fingerprint density at radius 2 is 2.13 bits per heavy atom. The number of carboxylic acids is 1. The third kappa shape index (κ3) is 5.57. The molecule has 0 amide bonds. The van der Waals surface area contributed by atoms with Gasteiger partial charge in [-0.05, 0) is 25.0 Å². The lowest BCUT2D eigenvalue weighted by molar-refractivity contribution is -0.138. The fourth-order valence-corrected chi connectivity index (χ4v) is 0.960. The summed E-state index contributed by atoms with van der Waals surface area (Å²) < 4.78 is 0. The average molecular weight is 253 g/mol. The molecule has 0 aliphatic carbocycles. The molecule has 86 valence electrons. The monoisotopic (exact) mass is 252 g/mol. The SMILES string of the molecule is Cc1ccc(CC(N)C(=O)O)cn1.Cl.Cl. The molecular weight excluding hydrogens is 239 g/mol. The number of pyridine rings is 1. The van der Waals surface area contributed by atoms with Crippen LogP contribution in [0.3, 0.4) is 0 Å². The number of hydrogen-bond acceptors (Lipinski definition) is 3. The Morgan fingerprint density at radius 1 is 1.53 bits per heavy atom. The second kappa shape index (κ2) is 7.45. The Bertz CT molecular complexity index is 303. The highest BCUT2D eigenvalue weighted by molar-refractivity contribution is 5.85. The zero-order valence-corrected chi connectivity index (χ0v) is 9.85. The maximum absolute atomic E-state index is 10.4. The minimum Gasteiger partial charge on any atom is -0.480 e. The molecule has 1 rings (SSSR count). The molecule has 3 N–H and O–H groups in total. The molecule has 6 heteroatoms. The molecule has 0 fully saturated rings. The van der Waals surface area contributed by atoms with Gasteiger partial charge in [-0.3, -0.25) is 9.78 Å². The summed E-state index contributed by atoms with van der Waals surface area (Å²) in [5.41, 5.74) is 7.12. The molecule has 4 nitrogen and oxygen atoms in total. The van der Waals surface area contributed by atoms with Gasteiger partial charge in [-0.2, -0.15) is 0 Å². The first-order valence-corrected chi connectivity index (χ1v) is 3.99. The molecule has 0 radical (unpaired) electrons. The van der Waals surface area contributed by atoms with Gasteiger partial charge in [0.15, 0.2) is 0 Å². The van der Waals surface area contributed by atoms with Crippen LogP contribution in [0.4, 0.5) is 0 Å². The van der Waals surface area contributed by atoms with E-state index in [0.717, 1.165) is 11.3 Å². The van der Waals surface area contributed by atoms with Crippen molar-refractivity contribution in [3.05, 3.63) is 29.6 Å². The van der Waals surface area contributed by atoms with Crippen LogP contribution in [0.15, 0.2) is 18.3 Å². The molecular formula is C9H14Cl2N2O2. The van der Waals surface area contributed by atoms with Gasteiger partial charge in [0, 0.05) is 11.9 Å². The molecule has 1 atom stereocenters. The first-order chi connectivity index (χ1) is 6.09. The number of aromatic nitrogens is 1. The Kier molecular flexibility index (Phi) is 8.24. The predicted molar refractivity (Wildman–Crippen MR) is 62.8 cm³/mol. The fraction of sp³-hybridized carbons (Fsp3) is 0.333. The number of aryl methyl sites for hydroxylation is 1. The molecule has 1 aromatic heterocycles. The lowest BCUT2D eigenvalue weighted by Crippen LogP contribution is -2.32. The van der Waals surface area contributed by atoms with Gasteiger partial charge in [0.25, 0.3) is 0 Å². The number of nitrogens with zero attached hydrogens (tertiary/aromatic N) is 1. The molecule has 0 spiro atoms. The molecule has 15 heavy (non-hydrogen) atoms. The van der Waals surface area contributed by atoms with Crippen molar-refractivity contribution in [2.24, 2.45) is 5.73 Å². The number of nitrogens with two attached hydrogens (primary N) is 1. The number of rotatable bonds is 3. The number of carbonyl (C=O) groups is 1. The zero-order valence-electron chi connectivity index (χ0n) is 8.21. The van der Waals surface area contributed by atoms with E-state index in [4.69, 9.17) is 10.8 Å². The van der Waals surface area contributed by atoms with Gasteiger partial charge in [0.1, 0.15) is 6.04 Å². The van der Waals surface area contributed by atoms with E-state index in [9.17, 15) is 4.79 Å². The van der Waals surface area contributed by atoms with Crippen molar-refractivity contribution < 1.29 is 9.90 Å². The van der Waals surface area contributed by atoms with Crippen molar-refractivity contribution in [1.82, 2.24) is 4.98 Å². The van der Waals surface area contributed by atoms with E-state index < -0.39 is 12.0 Å². The van der Waals surface area contributed by atoms with Crippen LogP contribution in [-0.2, 0) is 11.2 Å². The average Bonchev–Trinajstić information content (AvgIpc) is 2.08. The molecule has 1 aromatic rings. The van der Waals surface area contributed by atoms with Crippen LogP contribution in [0.25, 0.3) is 0 Å². The number of halogens is 2. The minimum atomic E-state index is -0.986. The summed E-state index contributed by atoms with van der Waals surface area (Å²) in [4.78, 5) is 14.5.